The van der Waals surface area contributed by atoms with E-state index in [0.29, 0.717) is 19.3 Å². The molecule has 0 N–H and O–H groups in total. The molecule has 0 saturated carbocycles. The van der Waals surface area contributed by atoms with E-state index in [2.05, 4.69) is 14.2 Å². The number of ether oxygens (including phenoxy) is 3. The number of unbranched alkanes of at least 4 members (excludes halogenated alkanes) is 1. The Morgan fingerprint density at radius 1 is 1.00 bits per heavy atom. The first-order chi connectivity index (χ1) is 8.76. The first kappa shape index (κ1) is 15.5. The van der Waals surface area contributed by atoms with E-state index in [4.69, 9.17) is 15.8 Å². The molecule has 0 spiro atoms. The molecule has 96 valence electrons. The van der Waals surface area contributed by atoms with Crippen LogP contribution in [0.2, 0.25) is 0 Å². The van der Waals surface area contributed by atoms with E-state index >= 15 is 0 Å². The number of nitrogens with zero attached hydrogens (tertiary/aromatic N) is 3. The van der Waals surface area contributed by atoms with Gasteiger partial charge in [-0.05, 0) is 19.3 Å². The van der Waals surface area contributed by atoms with Crippen LogP contribution in [0.15, 0.2) is 0 Å². The van der Waals surface area contributed by atoms with Gasteiger partial charge in [0.2, 0.25) is 0 Å². The van der Waals surface area contributed by atoms with Gasteiger partial charge in [-0.25, -0.2) is 0 Å². The average Bonchev–Trinajstić information content (AvgIpc) is 2.37. The summed E-state index contributed by atoms with van der Waals surface area (Å²) in [5, 5.41) is 24.7. The monoisotopic (exact) mass is 251 g/mol. The van der Waals surface area contributed by atoms with Crippen molar-refractivity contribution in [2.45, 2.75) is 31.8 Å². The molecule has 0 aliphatic heterocycles. The van der Waals surface area contributed by atoms with Gasteiger partial charge in [0.1, 0.15) is 13.2 Å². The summed E-state index contributed by atoms with van der Waals surface area (Å²) in [6.07, 6.45) is 5.24. The predicted molar refractivity (Wildman–Crippen MR) is 57.1 cm³/mol. The number of nitriles is 3. The van der Waals surface area contributed by atoms with Gasteiger partial charge < -0.3 is 14.2 Å². The quantitative estimate of drug-likeness (QED) is 0.419. The number of rotatable bonds is 10. The molecule has 7 heteroatoms. The molecule has 0 saturated heterocycles. The minimum Gasteiger partial charge on any atom is -0.428 e. The van der Waals surface area contributed by atoms with Crippen LogP contribution in [0.5, 0.6) is 0 Å². The lowest BCUT2D eigenvalue weighted by Gasteiger charge is -2.11. The lowest BCUT2D eigenvalue weighted by molar-refractivity contribution is -0.128. The van der Waals surface area contributed by atoms with Gasteiger partial charge in [-0.3, -0.25) is 4.79 Å². The Morgan fingerprint density at radius 2 is 1.67 bits per heavy atom. The summed E-state index contributed by atoms with van der Waals surface area (Å²) in [5.41, 5.74) is 0. The van der Waals surface area contributed by atoms with Crippen LogP contribution in [0.25, 0.3) is 0 Å². The maximum Gasteiger partial charge on any atom is 0.287 e. The summed E-state index contributed by atoms with van der Waals surface area (Å²) in [5.74, 6) is -0.284. The Morgan fingerprint density at radius 3 is 2.28 bits per heavy atom. The lowest BCUT2D eigenvalue weighted by Crippen LogP contribution is -2.23. The Bertz CT molecular complexity index is 364. The van der Waals surface area contributed by atoms with Crippen molar-refractivity contribution in [3.63, 3.8) is 0 Å². The zero-order valence-corrected chi connectivity index (χ0v) is 9.79. The molecule has 18 heavy (non-hydrogen) atoms. The Kier molecular flexibility index (Phi) is 9.53. The fraction of sp³-hybridized carbons (Fsp3) is 0.636. The van der Waals surface area contributed by atoms with Gasteiger partial charge >= 0.3 is 0 Å². The smallest absolute Gasteiger partial charge is 0.287 e. The lowest BCUT2D eigenvalue weighted by atomic mass is 10.1. The van der Waals surface area contributed by atoms with Gasteiger partial charge in [0.25, 0.3) is 18.8 Å². The molecule has 0 amide bonds. The predicted octanol–water partition coefficient (Wildman–Crippen LogP) is 0.978. The molecule has 7 nitrogen and oxygen atoms in total. The molecule has 0 aromatic rings. The molecule has 0 aliphatic carbocycles. The summed E-state index contributed by atoms with van der Waals surface area (Å²) in [6, 6.07) is 0. The summed E-state index contributed by atoms with van der Waals surface area (Å²) >= 11 is 0. The van der Waals surface area contributed by atoms with Crippen molar-refractivity contribution in [2.24, 2.45) is 0 Å². The largest absolute Gasteiger partial charge is 0.428 e. The van der Waals surface area contributed by atoms with E-state index in [0.717, 1.165) is 0 Å². The standard InChI is InChI=1S/C11H13N3O4/c12-7-16-5-2-1-3-11(18-9-14)10(15)4-6-17-8-13/h11H,1-6H2. The van der Waals surface area contributed by atoms with Crippen LogP contribution in [0.4, 0.5) is 0 Å². The van der Waals surface area contributed by atoms with E-state index in [1.165, 1.54) is 12.5 Å². The number of carbonyl (C=O) groups is 1. The van der Waals surface area contributed by atoms with E-state index in [9.17, 15) is 4.79 Å². The molecule has 0 aliphatic rings. The Labute approximate surface area is 105 Å². The second-order valence-corrected chi connectivity index (χ2v) is 3.29. The summed E-state index contributed by atoms with van der Waals surface area (Å²) in [7, 11) is 0. The number of carbonyl (C=O) groups excluding carboxylic acids is 1. The highest BCUT2D eigenvalue weighted by atomic mass is 16.5. The van der Waals surface area contributed by atoms with E-state index < -0.39 is 6.10 Å². The van der Waals surface area contributed by atoms with Crippen LogP contribution in [0.1, 0.15) is 25.7 Å². The third kappa shape index (κ3) is 7.78. The van der Waals surface area contributed by atoms with Gasteiger partial charge in [0, 0.05) is 6.42 Å². The van der Waals surface area contributed by atoms with Crippen molar-refractivity contribution in [3.05, 3.63) is 0 Å². The molecular formula is C11H13N3O4. The van der Waals surface area contributed by atoms with Crippen LogP contribution < -0.4 is 0 Å². The highest BCUT2D eigenvalue weighted by Gasteiger charge is 2.19. The number of ketones is 1. The van der Waals surface area contributed by atoms with Crippen molar-refractivity contribution in [2.75, 3.05) is 13.2 Å². The maximum absolute atomic E-state index is 11.6. The SMILES string of the molecule is N#COCCCCC(OC#N)C(=O)CCOC#N. The van der Waals surface area contributed by atoms with Crippen LogP contribution in [-0.4, -0.2) is 25.1 Å². The van der Waals surface area contributed by atoms with E-state index in [-0.39, 0.29) is 25.4 Å². The highest BCUT2D eigenvalue weighted by molar-refractivity contribution is 5.83. The molecule has 1 unspecified atom stereocenters. The van der Waals surface area contributed by atoms with Crippen molar-refractivity contribution in [3.8, 4) is 18.8 Å². The van der Waals surface area contributed by atoms with Crippen LogP contribution in [0.3, 0.4) is 0 Å². The molecule has 0 bridgehead atoms. The second kappa shape index (κ2) is 11.0. The Balaban J connectivity index is 3.91. The molecule has 0 aromatic carbocycles. The molecular weight excluding hydrogens is 238 g/mol. The van der Waals surface area contributed by atoms with Crippen LogP contribution in [-0.2, 0) is 19.0 Å². The zero-order valence-electron chi connectivity index (χ0n) is 9.79. The van der Waals surface area contributed by atoms with E-state index in [1.807, 2.05) is 0 Å². The minimum absolute atomic E-state index is 0.0157. The van der Waals surface area contributed by atoms with Crippen LogP contribution in [0, 0.1) is 34.6 Å². The highest BCUT2D eigenvalue weighted by Crippen LogP contribution is 2.08. The third-order valence-electron chi connectivity index (χ3n) is 2.10. The average molecular weight is 251 g/mol. The molecule has 0 aromatic heterocycles. The first-order valence-electron chi connectivity index (χ1n) is 5.35. The number of hydrogen-bond acceptors (Lipinski definition) is 7. The van der Waals surface area contributed by atoms with Gasteiger partial charge in [-0.15, -0.1) is 0 Å². The number of hydrogen-bond donors (Lipinski definition) is 0. The van der Waals surface area contributed by atoms with Crippen molar-refractivity contribution in [1.82, 2.24) is 0 Å². The van der Waals surface area contributed by atoms with Gasteiger partial charge in [-0.1, -0.05) is 0 Å². The zero-order chi connectivity index (χ0) is 13.6. The fourth-order valence-corrected chi connectivity index (χ4v) is 1.26. The summed E-state index contributed by atoms with van der Waals surface area (Å²) in [6.45, 7) is 0.264. The number of Topliss-reactive ketones (excluding diaryl/α,β-unsaturated/α-hetero) is 1. The molecule has 0 rings (SSSR count). The molecule has 0 radical (unpaired) electrons. The maximum atomic E-state index is 11.6. The topological polar surface area (TPSA) is 116 Å². The van der Waals surface area contributed by atoms with Crippen molar-refractivity contribution < 1.29 is 19.0 Å². The van der Waals surface area contributed by atoms with Crippen molar-refractivity contribution >= 4 is 5.78 Å². The van der Waals surface area contributed by atoms with Gasteiger partial charge in [0.05, 0.1) is 0 Å². The molecule has 1 atom stereocenters. The first-order valence-corrected chi connectivity index (χ1v) is 5.35. The van der Waals surface area contributed by atoms with Gasteiger partial charge in [0.15, 0.2) is 11.9 Å². The summed E-state index contributed by atoms with van der Waals surface area (Å²) in [4.78, 5) is 11.6. The second-order valence-electron chi connectivity index (χ2n) is 3.29. The van der Waals surface area contributed by atoms with Crippen molar-refractivity contribution in [1.29, 1.82) is 15.8 Å². The Hall–Kier alpha value is -2.46. The normalized spacial score (nSPS) is 10.3. The van der Waals surface area contributed by atoms with E-state index in [1.54, 1.807) is 6.26 Å². The summed E-state index contributed by atoms with van der Waals surface area (Å²) < 4.78 is 13.5. The van der Waals surface area contributed by atoms with Gasteiger partial charge in [-0.2, -0.15) is 15.8 Å². The minimum atomic E-state index is -0.820. The molecule has 0 fully saturated rings. The third-order valence-corrected chi connectivity index (χ3v) is 2.10. The molecule has 0 heterocycles. The fourth-order valence-electron chi connectivity index (χ4n) is 1.26. The van der Waals surface area contributed by atoms with Crippen LogP contribution >= 0.6 is 0 Å².